The zero-order valence-corrected chi connectivity index (χ0v) is 11.3. The molecule has 1 heterocycles. The van der Waals surface area contributed by atoms with Crippen molar-refractivity contribution in [3.05, 3.63) is 35.4 Å². The third-order valence-corrected chi connectivity index (χ3v) is 3.62. The van der Waals surface area contributed by atoms with Crippen molar-refractivity contribution in [3.63, 3.8) is 0 Å². The molecule has 1 atom stereocenters. The fourth-order valence-corrected chi connectivity index (χ4v) is 2.58. The van der Waals surface area contributed by atoms with Crippen LogP contribution in [0, 0.1) is 6.92 Å². The highest BCUT2D eigenvalue weighted by atomic mass is 16.2. The van der Waals surface area contributed by atoms with Crippen LogP contribution in [-0.2, 0) is 4.79 Å². The molecule has 0 saturated carbocycles. The van der Waals surface area contributed by atoms with E-state index < -0.39 is 0 Å². The van der Waals surface area contributed by atoms with Gasteiger partial charge in [0.1, 0.15) is 0 Å². The lowest BCUT2D eigenvalue weighted by molar-refractivity contribution is -0.132. The van der Waals surface area contributed by atoms with Crippen molar-refractivity contribution < 1.29 is 4.79 Å². The molecular formula is C15H22N2O. The second-order valence-electron chi connectivity index (χ2n) is 5.01. The van der Waals surface area contributed by atoms with Gasteiger partial charge in [-0.2, -0.15) is 0 Å². The molecule has 1 N–H and O–H groups in total. The van der Waals surface area contributed by atoms with Crippen molar-refractivity contribution in [2.75, 3.05) is 20.1 Å². The molecule has 0 radical (unpaired) electrons. The van der Waals surface area contributed by atoms with Crippen LogP contribution >= 0.6 is 0 Å². The zero-order chi connectivity index (χ0) is 13.0. The Morgan fingerprint density at radius 2 is 2.11 bits per heavy atom. The summed E-state index contributed by atoms with van der Waals surface area (Å²) in [6.45, 7) is 3.76. The van der Waals surface area contributed by atoms with E-state index in [0.717, 1.165) is 25.9 Å². The van der Waals surface area contributed by atoms with Crippen LogP contribution in [0.15, 0.2) is 24.3 Å². The number of nitrogens with one attached hydrogen (secondary N) is 1. The first-order valence-corrected chi connectivity index (χ1v) is 6.73. The van der Waals surface area contributed by atoms with E-state index >= 15 is 0 Å². The van der Waals surface area contributed by atoms with Crippen LogP contribution in [0.25, 0.3) is 0 Å². The van der Waals surface area contributed by atoms with E-state index in [4.69, 9.17) is 0 Å². The molecule has 3 nitrogen and oxygen atoms in total. The number of likely N-dealkylation sites (tertiary alicyclic amines) is 1. The maximum Gasteiger partial charge on any atom is 0.224 e. The van der Waals surface area contributed by atoms with E-state index in [1.807, 2.05) is 11.9 Å². The van der Waals surface area contributed by atoms with Crippen molar-refractivity contribution >= 4 is 5.91 Å². The zero-order valence-electron chi connectivity index (χ0n) is 11.3. The highest BCUT2D eigenvalue weighted by Gasteiger charge is 2.29. The smallest absolute Gasteiger partial charge is 0.224 e. The number of nitrogens with zero attached hydrogens (tertiary/aromatic N) is 1. The molecule has 0 spiro atoms. The minimum absolute atomic E-state index is 0.271. The SMILES string of the molecule is CNCCC(=O)N1CCCC1c1ccc(C)cc1. The Bertz CT molecular complexity index is 399. The fourth-order valence-electron chi connectivity index (χ4n) is 2.58. The molecular weight excluding hydrogens is 224 g/mol. The minimum Gasteiger partial charge on any atom is -0.336 e. The van der Waals surface area contributed by atoms with Gasteiger partial charge in [-0.25, -0.2) is 0 Å². The molecule has 2 rings (SSSR count). The number of hydrogen-bond donors (Lipinski definition) is 1. The van der Waals surface area contributed by atoms with E-state index in [1.165, 1.54) is 11.1 Å². The van der Waals surface area contributed by atoms with Gasteiger partial charge in [-0.1, -0.05) is 29.8 Å². The summed E-state index contributed by atoms with van der Waals surface area (Å²) in [5.74, 6) is 0.271. The molecule has 98 valence electrons. The van der Waals surface area contributed by atoms with Gasteiger partial charge in [0.2, 0.25) is 5.91 Å². The summed E-state index contributed by atoms with van der Waals surface area (Å²) in [6, 6.07) is 8.86. The second-order valence-corrected chi connectivity index (χ2v) is 5.01. The van der Waals surface area contributed by atoms with Gasteiger partial charge in [0.25, 0.3) is 0 Å². The van der Waals surface area contributed by atoms with Gasteiger partial charge in [-0.15, -0.1) is 0 Å². The topological polar surface area (TPSA) is 32.3 Å². The number of hydrogen-bond acceptors (Lipinski definition) is 2. The van der Waals surface area contributed by atoms with Gasteiger partial charge >= 0.3 is 0 Å². The van der Waals surface area contributed by atoms with Gasteiger partial charge < -0.3 is 10.2 Å². The van der Waals surface area contributed by atoms with E-state index in [-0.39, 0.29) is 11.9 Å². The largest absolute Gasteiger partial charge is 0.336 e. The number of rotatable bonds is 4. The van der Waals surface area contributed by atoms with Gasteiger partial charge in [-0.3, -0.25) is 4.79 Å². The van der Waals surface area contributed by atoms with Crippen LogP contribution < -0.4 is 5.32 Å². The predicted octanol–water partition coefficient (Wildman–Crippen LogP) is 2.27. The molecule has 1 amide bonds. The van der Waals surface area contributed by atoms with Crippen LogP contribution in [0.1, 0.15) is 36.4 Å². The molecule has 18 heavy (non-hydrogen) atoms. The molecule has 0 bridgehead atoms. The summed E-state index contributed by atoms with van der Waals surface area (Å²) in [6.07, 6.45) is 2.80. The van der Waals surface area contributed by atoms with Gasteiger partial charge in [0, 0.05) is 19.5 Å². The fraction of sp³-hybridized carbons (Fsp3) is 0.533. The first kappa shape index (κ1) is 13.1. The molecule has 1 aliphatic rings. The number of amides is 1. The number of carbonyl (C=O) groups is 1. The molecule has 3 heteroatoms. The molecule has 1 fully saturated rings. The summed E-state index contributed by atoms with van der Waals surface area (Å²) in [5, 5.41) is 3.04. The average Bonchev–Trinajstić information content (AvgIpc) is 2.86. The first-order chi connectivity index (χ1) is 8.72. The predicted molar refractivity (Wildman–Crippen MR) is 73.4 cm³/mol. The Balaban J connectivity index is 2.07. The Hall–Kier alpha value is -1.35. The lowest BCUT2D eigenvalue weighted by Crippen LogP contribution is -2.32. The Kier molecular flexibility index (Phi) is 4.37. The van der Waals surface area contributed by atoms with Gasteiger partial charge in [-0.05, 0) is 32.4 Å². The monoisotopic (exact) mass is 246 g/mol. The standard InChI is InChI=1S/C15H22N2O/c1-12-5-7-13(8-6-12)14-4-3-11-17(14)15(18)9-10-16-2/h5-8,14,16H,3-4,9-11H2,1-2H3. The van der Waals surface area contributed by atoms with Crippen molar-refractivity contribution in [1.29, 1.82) is 0 Å². The third-order valence-electron chi connectivity index (χ3n) is 3.62. The second kappa shape index (κ2) is 6.01. The Morgan fingerprint density at radius 1 is 1.39 bits per heavy atom. The summed E-state index contributed by atoms with van der Waals surface area (Å²) in [5.41, 5.74) is 2.54. The van der Waals surface area contributed by atoms with E-state index in [0.29, 0.717) is 6.42 Å². The molecule has 0 aromatic heterocycles. The summed E-state index contributed by atoms with van der Waals surface area (Å²) < 4.78 is 0. The molecule has 1 aliphatic heterocycles. The molecule has 0 aliphatic carbocycles. The summed E-state index contributed by atoms with van der Waals surface area (Å²) in [7, 11) is 1.88. The quantitative estimate of drug-likeness (QED) is 0.884. The number of benzene rings is 1. The summed E-state index contributed by atoms with van der Waals surface area (Å²) in [4.78, 5) is 14.2. The van der Waals surface area contributed by atoms with Crippen LogP contribution in [0.4, 0.5) is 0 Å². The Morgan fingerprint density at radius 3 is 2.78 bits per heavy atom. The normalized spacial score (nSPS) is 19.2. The van der Waals surface area contributed by atoms with E-state index in [9.17, 15) is 4.79 Å². The van der Waals surface area contributed by atoms with Crippen molar-refractivity contribution in [2.24, 2.45) is 0 Å². The highest BCUT2D eigenvalue weighted by Crippen LogP contribution is 2.32. The third kappa shape index (κ3) is 2.91. The van der Waals surface area contributed by atoms with Gasteiger partial charge in [0.05, 0.1) is 6.04 Å². The van der Waals surface area contributed by atoms with Crippen molar-refractivity contribution in [3.8, 4) is 0 Å². The van der Waals surface area contributed by atoms with Crippen LogP contribution in [-0.4, -0.2) is 30.9 Å². The highest BCUT2D eigenvalue weighted by molar-refractivity contribution is 5.77. The van der Waals surface area contributed by atoms with Crippen LogP contribution in [0.3, 0.4) is 0 Å². The lowest BCUT2D eigenvalue weighted by Gasteiger charge is -2.25. The maximum atomic E-state index is 12.1. The van der Waals surface area contributed by atoms with Crippen molar-refractivity contribution in [1.82, 2.24) is 10.2 Å². The molecule has 1 unspecified atom stereocenters. The molecule has 1 aromatic carbocycles. The first-order valence-electron chi connectivity index (χ1n) is 6.73. The average molecular weight is 246 g/mol. The van der Waals surface area contributed by atoms with Crippen LogP contribution in [0.2, 0.25) is 0 Å². The van der Waals surface area contributed by atoms with E-state index in [2.05, 4.69) is 36.5 Å². The molecule has 1 aromatic rings. The molecule has 1 saturated heterocycles. The lowest BCUT2D eigenvalue weighted by atomic mass is 10.0. The van der Waals surface area contributed by atoms with Gasteiger partial charge in [0.15, 0.2) is 0 Å². The van der Waals surface area contributed by atoms with Crippen molar-refractivity contribution in [2.45, 2.75) is 32.2 Å². The van der Waals surface area contributed by atoms with E-state index in [1.54, 1.807) is 0 Å². The Labute approximate surface area is 109 Å². The number of aryl methyl sites for hydroxylation is 1. The minimum atomic E-state index is 0.271. The number of carbonyl (C=O) groups excluding carboxylic acids is 1. The van der Waals surface area contributed by atoms with Crippen LogP contribution in [0.5, 0.6) is 0 Å². The maximum absolute atomic E-state index is 12.1. The summed E-state index contributed by atoms with van der Waals surface area (Å²) >= 11 is 0.